The van der Waals surface area contributed by atoms with Crippen LogP contribution < -0.4 is 0 Å². The maximum Gasteiger partial charge on any atom is -0.0230 e. The van der Waals surface area contributed by atoms with Crippen LogP contribution in [0.5, 0.6) is 0 Å². The summed E-state index contributed by atoms with van der Waals surface area (Å²) in [4.78, 5) is 0. The van der Waals surface area contributed by atoms with E-state index in [1.165, 1.54) is 16.7 Å². The minimum absolute atomic E-state index is 1.03. The molecule has 72 valence electrons. The van der Waals surface area contributed by atoms with Crippen LogP contribution in [0.15, 0.2) is 30.8 Å². The zero-order valence-corrected chi connectivity index (χ0v) is 9.22. The van der Waals surface area contributed by atoms with Crippen molar-refractivity contribution >= 4 is 5.57 Å². The fourth-order valence-corrected chi connectivity index (χ4v) is 0.993. The van der Waals surface area contributed by atoms with Crippen LogP contribution in [0.4, 0.5) is 0 Å². The van der Waals surface area contributed by atoms with E-state index in [4.69, 9.17) is 0 Å². The summed E-state index contributed by atoms with van der Waals surface area (Å²) in [6, 6.07) is 8.49. The van der Waals surface area contributed by atoms with Crippen molar-refractivity contribution < 1.29 is 0 Å². The van der Waals surface area contributed by atoms with Gasteiger partial charge in [0.2, 0.25) is 0 Å². The topological polar surface area (TPSA) is 0 Å². The zero-order chi connectivity index (χ0) is 10.3. The number of hydrogen-bond acceptors (Lipinski definition) is 0. The standard InChI is InChI=1S/C11H14.C2H6/c1-4-10(3)11-7-5-9(2)6-8-11;1-2/h5-8H,3-4H2,1-2H3;1-2H3. The molecular weight excluding hydrogens is 156 g/mol. The van der Waals surface area contributed by atoms with Gasteiger partial charge in [0.1, 0.15) is 0 Å². The summed E-state index contributed by atoms with van der Waals surface area (Å²) in [6.45, 7) is 12.2. The maximum atomic E-state index is 3.97. The monoisotopic (exact) mass is 176 g/mol. The van der Waals surface area contributed by atoms with Gasteiger partial charge in [-0.05, 0) is 24.5 Å². The Hall–Kier alpha value is -1.04. The van der Waals surface area contributed by atoms with Crippen LogP contribution >= 0.6 is 0 Å². The Bertz CT molecular complexity index is 241. The molecule has 0 bridgehead atoms. The van der Waals surface area contributed by atoms with E-state index in [2.05, 4.69) is 44.7 Å². The number of allylic oxidation sites excluding steroid dienone is 1. The number of hydrogen-bond donors (Lipinski definition) is 0. The molecule has 0 heteroatoms. The maximum absolute atomic E-state index is 3.97. The Labute approximate surface area is 82.3 Å². The van der Waals surface area contributed by atoms with Crippen molar-refractivity contribution in [1.82, 2.24) is 0 Å². The molecule has 0 aliphatic heterocycles. The first-order valence-corrected chi connectivity index (χ1v) is 4.99. The van der Waals surface area contributed by atoms with Crippen LogP contribution in [-0.2, 0) is 0 Å². The molecule has 0 aliphatic carbocycles. The predicted octanol–water partition coefficient (Wildman–Crippen LogP) is 4.44. The Kier molecular flexibility index (Phi) is 5.96. The van der Waals surface area contributed by atoms with E-state index in [9.17, 15) is 0 Å². The third-order valence-corrected chi connectivity index (χ3v) is 1.89. The molecule has 1 rings (SSSR count). The lowest BCUT2D eigenvalue weighted by molar-refractivity contribution is 1.24. The van der Waals surface area contributed by atoms with E-state index >= 15 is 0 Å². The molecule has 0 fully saturated rings. The molecule has 0 aliphatic rings. The van der Waals surface area contributed by atoms with Gasteiger partial charge in [-0.25, -0.2) is 0 Å². The van der Waals surface area contributed by atoms with Gasteiger partial charge in [-0.3, -0.25) is 0 Å². The van der Waals surface area contributed by atoms with Gasteiger partial charge in [0.05, 0.1) is 0 Å². The lowest BCUT2D eigenvalue weighted by Gasteiger charge is -2.01. The quantitative estimate of drug-likeness (QED) is 0.624. The van der Waals surface area contributed by atoms with Crippen LogP contribution in [0, 0.1) is 6.92 Å². The highest BCUT2D eigenvalue weighted by molar-refractivity contribution is 5.62. The Morgan fingerprint density at radius 3 is 2.00 bits per heavy atom. The third-order valence-electron chi connectivity index (χ3n) is 1.89. The lowest BCUT2D eigenvalue weighted by atomic mass is 10.0. The van der Waals surface area contributed by atoms with E-state index in [1.54, 1.807) is 0 Å². The summed E-state index contributed by atoms with van der Waals surface area (Å²) in [7, 11) is 0. The van der Waals surface area contributed by atoms with Crippen molar-refractivity contribution in [1.29, 1.82) is 0 Å². The SMILES string of the molecule is C=C(CC)c1ccc(C)cc1.CC. The highest BCUT2D eigenvalue weighted by atomic mass is 14.0. The van der Waals surface area contributed by atoms with Crippen molar-refractivity contribution in [3.63, 3.8) is 0 Å². The second-order valence-corrected chi connectivity index (χ2v) is 2.82. The van der Waals surface area contributed by atoms with Crippen LogP contribution in [0.2, 0.25) is 0 Å². The summed E-state index contributed by atoms with van der Waals surface area (Å²) in [5.74, 6) is 0. The van der Waals surface area contributed by atoms with Gasteiger partial charge in [0.25, 0.3) is 0 Å². The molecule has 13 heavy (non-hydrogen) atoms. The molecule has 0 heterocycles. The highest BCUT2D eigenvalue weighted by Gasteiger charge is 1.93. The Morgan fingerprint density at radius 2 is 1.62 bits per heavy atom. The minimum Gasteiger partial charge on any atom is -0.0952 e. The molecule has 1 aromatic carbocycles. The fourth-order valence-electron chi connectivity index (χ4n) is 0.993. The number of rotatable bonds is 2. The van der Waals surface area contributed by atoms with Crippen molar-refractivity contribution in [2.24, 2.45) is 0 Å². The number of aryl methyl sites for hydroxylation is 1. The van der Waals surface area contributed by atoms with E-state index in [1.807, 2.05) is 13.8 Å². The first-order valence-electron chi connectivity index (χ1n) is 4.99. The molecule has 0 saturated heterocycles. The van der Waals surface area contributed by atoms with Gasteiger partial charge in [0.15, 0.2) is 0 Å². The molecule has 0 N–H and O–H groups in total. The zero-order valence-electron chi connectivity index (χ0n) is 9.22. The first kappa shape index (κ1) is 12.0. The van der Waals surface area contributed by atoms with Crippen LogP contribution in [-0.4, -0.2) is 0 Å². The second kappa shape index (κ2) is 6.47. The first-order chi connectivity index (χ1) is 6.24. The average molecular weight is 176 g/mol. The minimum atomic E-state index is 1.03. The van der Waals surface area contributed by atoms with Crippen LogP contribution in [0.1, 0.15) is 38.3 Å². The molecule has 0 amide bonds. The summed E-state index contributed by atoms with van der Waals surface area (Å²) in [5, 5.41) is 0. The Balaban J connectivity index is 0.000000671. The molecule has 0 aromatic heterocycles. The van der Waals surface area contributed by atoms with Gasteiger partial charge < -0.3 is 0 Å². The molecule has 0 spiro atoms. The normalized spacial score (nSPS) is 8.62. The van der Waals surface area contributed by atoms with E-state index in [0.717, 1.165) is 6.42 Å². The smallest absolute Gasteiger partial charge is 0.0230 e. The van der Waals surface area contributed by atoms with Crippen LogP contribution in [0.3, 0.4) is 0 Å². The largest absolute Gasteiger partial charge is 0.0952 e. The predicted molar refractivity (Wildman–Crippen MR) is 61.9 cm³/mol. The van der Waals surface area contributed by atoms with Gasteiger partial charge in [-0.1, -0.05) is 57.2 Å². The average Bonchev–Trinajstić information content (AvgIpc) is 2.21. The second-order valence-electron chi connectivity index (χ2n) is 2.82. The molecule has 0 unspecified atom stereocenters. The molecule has 0 atom stereocenters. The summed E-state index contributed by atoms with van der Waals surface area (Å²) >= 11 is 0. The van der Waals surface area contributed by atoms with Gasteiger partial charge in [0, 0.05) is 0 Å². The summed E-state index contributed by atoms with van der Waals surface area (Å²) < 4.78 is 0. The van der Waals surface area contributed by atoms with Crippen molar-refractivity contribution in [2.75, 3.05) is 0 Å². The van der Waals surface area contributed by atoms with Crippen molar-refractivity contribution in [3.8, 4) is 0 Å². The van der Waals surface area contributed by atoms with Crippen LogP contribution in [0.25, 0.3) is 5.57 Å². The van der Waals surface area contributed by atoms with Gasteiger partial charge in [-0.2, -0.15) is 0 Å². The molecule has 0 saturated carbocycles. The molecular formula is C13H20. The van der Waals surface area contributed by atoms with Crippen molar-refractivity contribution in [3.05, 3.63) is 42.0 Å². The number of benzene rings is 1. The van der Waals surface area contributed by atoms with E-state index in [0.29, 0.717) is 0 Å². The lowest BCUT2D eigenvalue weighted by Crippen LogP contribution is -1.80. The van der Waals surface area contributed by atoms with E-state index in [-0.39, 0.29) is 0 Å². The fraction of sp³-hybridized carbons (Fsp3) is 0.385. The van der Waals surface area contributed by atoms with Crippen molar-refractivity contribution in [2.45, 2.75) is 34.1 Å². The molecule has 1 aromatic rings. The third kappa shape index (κ3) is 3.93. The molecule has 0 nitrogen and oxygen atoms in total. The van der Waals surface area contributed by atoms with E-state index < -0.39 is 0 Å². The summed E-state index contributed by atoms with van der Waals surface area (Å²) in [5.41, 5.74) is 3.78. The van der Waals surface area contributed by atoms with Gasteiger partial charge in [-0.15, -0.1) is 0 Å². The molecule has 0 radical (unpaired) electrons. The highest BCUT2D eigenvalue weighted by Crippen LogP contribution is 2.15. The van der Waals surface area contributed by atoms with Gasteiger partial charge >= 0.3 is 0 Å². The Morgan fingerprint density at radius 1 is 1.15 bits per heavy atom. The summed E-state index contributed by atoms with van der Waals surface area (Å²) in [6.07, 6.45) is 1.03.